The first-order chi connectivity index (χ1) is 15.7. The van der Waals surface area contributed by atoms with Crippen molar-refractivity contribution in [1.82, 2.24) is 14.7 Å². The van der Waals surface area contributed by atoms with Crippen LogP contribution in [0.3, 0.4) is 0 Å². The molecule has 1 atom stereocenters. The third-order valence-corrected chi connectivity index (χ3v) is 7.16. The molecule has 3 aliphatic rings. The van der Waals surface area contributed by atoms with Gasteiger partial charge in [0.15, 0.2) is 11.5 Å². The van der Waals surface area contributed by atoms with Gasteiger partial charge in [0.25, 0.3) is 0 Å². The second-order valence-electron chi connectivity index (χ2n) is 10.0. The molecule has 1 aliphatic carbocycles. The number of ether oxygens (including phenoxy) is 2. The van der Waals surface area contributed by atoms with Gasteiger partial charge in [-0.1, -0.05) is 25.3 Å². The van der Waals surface area contributed by atoms with Crippen molar-refractivity contribution in [2.45, 2.75) is 57.6 Å². The minimum absolute atomic E-state index is 0.301. The summed E-state index contributed by atoms with van der Waals surface area (Å²) in [5.74, 6) is 2.45. The summed E-state index contributed by atoms with van der Waals surface area (Å²) in [7, 11) is 1.69. The van der Waals surface area contributed by atoms with Gasteiger partial charge < -0.3 is 24.4 Å². The van der Waals surface area contributed by atoms with E-state index in [0.717, 1.165) is 50.1 Å². The van der Waals surface area contributed by atoms with Gasteiger partial charge in [-0.25, -0.2) is 0 Å². The van der Waals surface area contributed by atoms with Crippen LogP contribution < -0.4 is 9.47 Å². The number of methoxy groups -OCH3 is 1. The summed E-state index contributed by atoms with van der Waals surface area (Å²) < 4.78 is 11.6. The average molecular weight is 446 g/mol. The number of aliphatic hydroxyl groups excluding tert-OH is 1. The van der Waals surface area contributed by atoms with Gasteiger partial charge in [-0.05, 0) is 62.4 Å². The predicted molar refractivity (Wildman–Crippen MR) is 128 cm³/mol. The van der Waals surface area contributed by atoms with Gasteiger partial charge in [-0.2, -0.15) is 0 Å². The van der Waals surface area contributed by atoms with Gasteiger partial charge in [-0.3, -0.25) is 4.90 Å². The molecule has 32 heavy (non-hydrogen) atoms. The fraction of sp³-hybridized carbons (Fsp3) is 0.769. The van der Waals surface area contributed by atoms with E-state index in [9.17, 15) is 5.11 Å². The summed E-state index contributed by atoms with van der Waals surface area (Å²) in [6.45, 7) is 10.1. The Morgan fingerprint density at radius 2 is 1.56 bits per heavy atom. The van der Waals surface area contributed by atoms with Crippen LogP contribution in [-0.4, -0.2) is 92.0 Å². The van der Waals surface area contributed by atoms with Crippen LogP contribution in [0, 0.1) is 5.92 Å². The summed E-state index contributed by atoms with van der Waals surface area (Å²) in [5, 5.41) is 10.5. The first-order valence-electron chi connectivity index (χ1n) is 12.8. The van der Waals surface area contributed by atoms with E-state index in [0.29, 0.717) is 13.2 Å². The number of hydrogen-bond donors (Lipinski definition) is 1. The first-order valence-corrected chi connectivity index (χ1v) is 12.8. The molecule has 1 N–H and O–H groups in total. The van der Waals surface area contributed by atoms with E-state index in [-0.39, 0.29) is 0 Å². The number of nitrogens with zero attached hydrogens (tertiary/aromatic N) is 3. The van der Waals surface area contributed by atoms with E-state index in [1.54, 1.807) is 7.11 Å². The van der Waals surface area contributed by atoms with E-state index in [1.807, 2.05) is 6.07 Å². The number of benzene rings is 1. The third kappa shape index (κ3) is 7.62. The summed E-state index contributed by atoms with van der Waals surface area (Å²) in [5.41, 5.74) is 1.26. The van der Waals surface area contributed by atoms with Crippen LogP contribution >= 0.6 is 0 Å². The van der Waals surface area contributed by atoms with Crippen molar-refractivity contribution in [2.75, 3.05) is 66.1 Å². The van der Waals surface area contributed by atoms with Gasteiger partial charge in [0, 0.05) is 45.8 Å². The van der Waals surface area contributed by atoms with Crippen molar-refractivity contribution < 1.29 is 14.6 Å². The highest BCUT2D eigenvalue weighted by Crippen LogP contribution is 2.31. The molecule has 1 aromatic carbocycles. The van der Waals surface area contributed by atoms with Gasteiger partial charge in [0.2, 0.25) is 0 Å². The Hall–Kier alpha value is -1.34. The van der Waals surface area contributed by atoms with Crippen molar-refractivity contribution in [2.24, 2.45) is 5.92 Å². The van der Waals surface area contributed by atoms with Crippen LogP contribution in [0.5, 0.6) is 11.5 Å². The Kier molecular flexibility index (Phi) is 9.09. The fourth-order valence-electron chi connectivity index (χ4n) is 5.02. The summed E-state index contributed by atoms with van der Waals surface area (Å²) >= 11 is 0. The lowest BCUT2D eigenvalue weighted by Gasteiger charge is -2.34. The molecule has 2 saturated heterocycles. The zero-order valence-corrected chi connectivity index (χ0v) is 20.0. The number of piperazine rings is 1. The Labute approximate surface area is 194 Å². The fourth-order valence-corrected chi connectivity index (χ4v) is 5.02. The Morgan fingerprint density at radius 3 is 2.25 bits per heavy atom. The smallest absolute Gasteiger partial charge is 0.161 e. The maximum Gasteiger partial charge on any atom is 0.161 e. The molecule has 180 valence electrons. The molecule has 6 nitrogen and oxygen atoms in total. The first kappa shape index (κ1) is 23.8. The van der Waals surface area contributed by atoms with Crippen molar-refractivity contribution in [3.05, 3.63) is 23.8 Å². The molecule has 0 unspecified atom stereocenters. The maximum absolute atomic E-state index is 10.5. The molecule has 0 amide bonds. The number of aliphatic hydroxyl groups is 1. The summed E-state index contributed by atoms with van der Waals surface area (Å²) in [6.07, 6.45) is 8.83. The SMILES string of the molecule is COc1cc(CN2CCN(CC3CC3)CC2)ccc1OC[C@@H](O)CN1CCCCCCC1. The van der Waals surface area contributed by atoms with E-state index < -0.39 is 6.10 Å². The summed E-state index contributed by atoms with van der Waals surface area (Å²) in [6, 6.07) is 6.23. The van der Waals surface area contributed by atoms with E-state index in [1.165, 1.54) is 70.1 Å². The van der Waals surface area contributed by atoms with Gasteiger partial charge in [0.05, 0.1) is 7.11 Å². The molecule has 4 rings (SSSR count). The molecule has 0 radical (unpaired) electrons. The number of hydrogen-bond acceptors (Lipinski definition) is 6. The minimum atomic E-state index is -0.481. The average Bonchev–Trinajstić information content (AvgIpc) is 3.60. The molecular weight excluding hydrogens is 402 g/mol. The second kappa shape index (κ2) is 12.2. The largest absolute Gasteiger partial charge is 0.493 e. The molecule has 1 aromatic rings. The zero-order chi connectivity index (χ0) is 22.2. The highest BCUT2D eigenvalue weighted by atomic mass is 16.5. The van der Waals surface area contributed by atoms with Gasteiger partial charge in [-0.15, -0.1) is 0 Å². The van der Waals surface area contributed by atoms with Crippen LogP contribution in [0.1, 0.15) is 50.5 Å². The van der Waals surface area contributed by atoms with E-state index >= 15 is 0 Å². The van der Waals surface area contributed by atoms with Crippen molar-refractivity contribution in [3.63, 3.8) is 0 Å². The molecule has 0 spiro atoms. The Balaban J connectivity index is 1.22. The van der Waals surface area contributed by atoms with Crippen LogP contribution in [0.4, 0.5) is 0 Å². The molecule has 2 aliphatic heterocycles. The minimum Gasteiger partial charge on any atom is -0.493 e. The molecule has 3 fully saturated rings. The Morgan fingerprint density at radius 1 is 0.875 bits per heavy atom. The third-order valence-electron chi connectivity index (χ3n) is 7.16. The molecule has 0 bridgehead atoms. The number of rotatable bonds is 10. The monoisotopic (exact) mass is 445 g/mol. The van der Waals surface area contributed by atoms with Crippen LogP contribution in [0.2, 0.25) is 0 Å². The molecular formula is C26H43N3O3. The quantitative estimate of drug-likeness (QED) is 0.597. The van der Waals surface area contributed by atoms with E-state index in [2.05, 4.69) is 26.8 Å². The predicted octanol–water partition coefficient (Wildman–Crippen LogP) is 3.23. The lowest BCUT2D eigenvalue weighted by molar-refractivity contribution is 0.0644. The molecule has 6 heteroatoms. The molecule has 1 saturated carbocycles. The van der Waals surface area contributed by atoms with Crippen LogP contribution in [0.25, 0.3) is 0 Å². The topological polar surface area (TPSA) is 48.4 Å². The van der Waals surface area contributed by atoms with Crippen molar-refractivity contribution >= 4 is 0 Å². The van der Waals surface area contributed by atoms with E-state index in [4.69, 9.17) is 9.47 Å². The molecule has 2 heterocycles. The highest BCUT2D eigenvalue weighted by molar-refractivity contribution is 5.43. The molecule has 0 aromatic heterocycles. The highest BCUT2D eigenvalue weighted by Gasteiger charge is 2.26. The van der Waals surface area contributed by atoms with Crippen molar-refractivity contribution in [3.8, 4) is 11.5 Å². The van der Waals surface area contributed by atoms with Gasteiger partial charge >= 0.3 is 0 Å². The standard InChI is InChI=1S/C26H43N3O3/c1-31-26-17-23(19-29-15-13-28(14-16-29)18-22-7-8-22)9-10-25(26)32-21-24(30)20-27-11-5-3-2-4-6-12-27/h9-10,17,22,24,30H,2-8,11-16,18-21H2,1H3/t24-/m0/s1. The van der Waals surface area contributed by atoms with Crippen LogP contribution in [0.15, 0.2) is 18.2 Å². The lowest BCUT2D eigenvalue weighted by Crippen LogP contribution is -2.46. The number of likely N-dealkylation sites (tertiary alicyclic amines) is 1. The van der Waals surface area contributed by atoms with Crippen molar-refractivity contribution in [1.29, 1.82) is 0 Å². The second-order valence-corrected chi connectivity index (χ2v) is 10.0. The normalized spacial score (nSPS) is 22.8. The van der Waals surface area contributed by atoms with Gasteiger partial charge in [0.1, 0.15) is 12.7 Å². The van der Waals surface area contributed by atoms with Crippen LogP contribution in [-0.2, 0) is 6.54 Å². The summed E-state index contributed by atoms with van der Waals surface area (Å²) in [4.78, 5) is 7.55. The Bertz CT molecular complexity index is 681. The maximum atomic E-state index is 10.5. The number of β-amino-alcohol motifs (C(OH)–C–C–N with tert-alkyl or cyclic N) is 1. The lowest BCUT2D eigenvalue weighted by atomic mass is 10.1. The zero-order valence-electron chi connectivity index (χ0n) is 20.0.